The van der Waals surface area contributed by atoms with Gasteiger partial charge in [-0.2, -0.15) is 4.68 Å². The number of rotatable bonds is 5. The molecule has 0 aliphatic carbocycles. The largest absolute Gasteiger partial charge is 0.338 e. The first-order chi connectivity index (χ1) is 11.9. The summed E-state index contributed by atoms with van der Waals surface area (Å²) < 4.78 is 6.64. The van der Waals surface area contributed by atoms with Crippen LogP contribution < -0.4 is 5.32 Å². The van der Waals surface area contributed by atoms with Crippen molar-refractivity contribution in [3.63, 3.8) is 0 Å². The molecule has 0 unspecified atom stereocenters. The van der Waals surface area contributed by atoms with Crippen LogP contribution in [0.3, 0.4) is 0 Å². The maximum absolute atomic E-state index is 12.3. The molecule has 2 aromatic heterocycles. The number of anilines is 1. The quantitative estimate of drug-likeness (QED) is 0.700. The average molecular weight is 358 g/mol. The molecule has 2 heterocycles. The monoisotopic (exact) mass is 358 g/mol. The summed E-state index contributed by atoms with van der Waals surface area (Å²) in [6, 6.07) is 7.69. The SMILES string of the molecule is Cc1ccc(-n2nnnc2S[C@@H](C)C(=O)Nc2cc(C)no2)c(C)c1. The Morgan fingerprint density at radius 1 is 1.28 bits per heavy atom. The first kappa shape index (κ1) is 17.2. The van der Waals surface area contributed by atoms with E-state index in [0.29, 0.717) is 16.7 Å². The Labute approximate surface area is 149 Å². The molecule has 0 spiro atoms. The van der Waals surface area contributed by atoms with Gasteiger partial charge < -0.3 is 4.52 Å². The minimum absolute atomic E-state index is 0.212. The lowest BCUT2D eigenvalue weighted by Crippen LogP contribution is -2.22. The van der Waals surface area contributed by atoms with Crippen LogP contribution >= 0.6 is 11.8 Å². The Morgan fingerprint density at radius 2 is 2.08 bits per heavy atom. The van der Waals surface area contributed by atoms with Crippen LogP contribution in [-0.4, -0.2) is 36.5 Å². The molecule has 0 fully saturated rings. The molecule has 1 aromatic carbocycles. The molecule has 0 bridgehead atoms. The van der Waals surface area contributed by atoms with E-state index in [1.54, 1.807) is 24.6 Å². The van der Waals surface area contributed by atoms with E-state index in [9.17, 15) is 4.79 Å². The number of hydrogen-bond donors (Lipinski definition) is 1. The summed E-state index contributed by atoms with van der Waals surface area (Å²) in [4.78, 5) is 12.3. The highest BCUT2D eigenvalue weighted by molar-refractivity contribution is 8.00. The number of amides is 1. The van der Waals surface area contributed by atoms with Crippen molar-refractivity contribution in [1.82, 2.24) is 25.4 Å². The zero-order valence-electron chi connectivity index (χ0n) is 14.3. The second kappa shape index (κ2) is 7.06. The van der Waals surface area contributed by atoms with Crippen LogP contribution in [0.25, 0.3) is 5.69 Å². The van der Waals surface area contributed by atoms with Gasteiger partial charge in [0.2, 0.25) is 16.9 Å². The zero-order valence-corrected chi connectivity index (χ0v) is 15.2. The van der Waals surface area contributed by atoms with Crippen LogP contribution in [0.4, 0.5) is 5.88 Å². The molecule has 1 atom stereocenters. The highest BCUT2D eigenvalue weighted by Crippen LogP contribution is 2.25. The van der Waals surface area contributed by atoms with Gasteiger partial charge in [-0.05, 0) is 49.8 Å². The summed E-state index contributed by atoms with van der Waals surface area (Å²) in [6.45, 7) is 7.60. The van der Waals surface area contributed by atoms with Crippen LogP contribution in [0.2, 0.25) is 0 Å². The number of aryl methyl sites for hydroxylation is 3. The van der Waals surface area contributed by atoms with Crippen molar-refractivity contribution < 1.29 is 9.32 Å². The van der Waals surface area contributed by atoms with Crippen LogP contribution in [-0.2, 0) is 4.79 Å². The molecule has 1 amide bonds. The molecule has 25 heavy (non-hydrogen) atoms. The van der Waals surface area contributed by atoms with Gasteiger partial charge in [-0.15, -0.1) is 5.10 Å². The van der Waals surface area contributed by atoms with Crippen LogP contribution in [0, 0.1) is 20.8 Å². The van der Waals surface area contributed by atoms with Gasteiger partial charge in [0.15, 0.2) is 0 Å². The minimum atomic E-state index is -0.416. The van der Waals surface area contributed by atoms with Crippen molar-refractivity contribution in [2.75, 3.05) is 5.32 Å². The number of nitrogens with one attached hydrogen (secondary N) is 1. The maximum atomic E-state index is 12.3. The molecule has 3 aromatic rings. The molecule has 0 saturated carbocycles. The Hall–Kier alpha value is -2.68. The van der Waals surface area contributed by atoms with E-state index in [1.807, 2.05) is 26.0 Å². The Bertz CT molecular complexity index is 904. The third-order valence-corrected chi connectivity index (χ3v) is 4.58. The molecule has 130 valence electrons. The molecule has 0 aliphatic rings. The second-order valence-corrected chi connectivity index (χ2v) is 7.05. The van der Waals surface area contributed by atoms with E-state index in [-0.39, 0.29) is 5.91 Å². The third-order valence-electron chi connectivity index (χ3n) is 3.55. The van der Waals surface area contributed by atoms with E-state index in [1.165, 1.54) is 17.3 Å². The standard InChI is InChI=1S/C16H18N6O2S/c1-9-5-6-13(10(2)7-9)22-16(18-20-21-22)25-12(4)15(23)17-14-8-11(3)19-24-14/h5-8,12H,1-4H3,(H,17,23)/t12-/m0/s1. The van der Waals surface area contributed by atoms with Gasteiger partial charge >= 0.3 is 0 Å². The summed E-state index contributed by atoms with van der Waals surface area (Å²) in [5, 5.41) is 18.4. The fourth-order valence-electron chi connectivity index (χ4n) is 2.30. The minimum Gasteiger partial charge on any atom is -0.338 e. The van der Waals surface area contributed by atoms with Gasteiger partial charge in [0.25, 0.3) is 0 Å². The molecule has 3 rings (SSSR count). The smallest absolute Gasteiger partial charge is 0.240 e. The number of carbonyl (C=O) groups excluding carboxylic acids is 1. The number of nitrogens with zero attached hydrogens (tertiary/aromatic N) is 5. The molecule has 0 saturated heterocycles. The van der Waals surface area contributed by atoms with Gasteiger partial charge in [0.05, 0.1) is 16.6 Å². The number of carbonyl (C=O) groups is 1. The van der Waals surface area contributed by atoms with Gasteiger partial charge in [0.1, 0.15) is 0 Å². The van der Waals surface area contributed by atoms with Crippen molar-refractivity contribution in [2.45, 2.75) is 38.1 Å². The lowest BCUT2D eigenvalue weighted by Gasteiger charge is -2.11. The fraction of sp³-hybridized carbons (Fsp3) is 0.312. The number of aromatic nitrogens is 5. The first-order valence-corrected chi connectivity index (χ1v) is 8.59. The molecule has 0 radical (unpaired) electrons. The maximum Gasteiger partial charge on any atom is 0.240 e. The van der Waals surface area contributed by atoms with E-state index in [0.717, 1.165) is 11.3 Å². The third kappa shape index (κ3) is 3.87. The van der Waals surface area contributed by atoms with Crippen molar-refractivity contribution in [3.05, 3.63) is 41.1 Å². The number of thioether (sulfide) groups is 1. The van der Waals surface area contributed by atoms with Crippen molar-refractivity contribution in [2.24, 2.45) is 0 Å². The average Bonchev–Trinajstić information content (AvgIpc) is 3.16. The van der Waals surface area contributed by atoms with Gasteiger partial charge in [-0.25, -0.2) is 0 Å². The van der Waals surface area contributed by atoms with E-state index >= 15 is 0 Å². The molecule has 1 N–H and O–H groups in total. The molecular formula is C16H18N6O2S. The van der Waals surface area contributed by atoms with Crippen LogP contribution in [0.5, 0.6) is 0 Å². The Kier molecular flexibility index (Phi) is 4.84. The summed E-state index contributed by atoms with van der Waals surface area (Å²) in [7, 11) is 0. The lowest BCUT2D eigenvalue weighted by molar-refractivity contribution is -0.115. The molecule has 9 heteroatoms. The lowest BCUT2D eigenvalue weighted by atomic mass is 10.1. The van der Waals surface area contributed by atoms with Crippen LogP contribution in [0.15, 0.2) is 33.9 Å². The normalized spacial score (nSPS) is 12.2. The summed E-state index contributed by atoms with van der Waals surface area (Å²) in [6.07, 6.45) is 0. The summed E-state index contributed by atoms with van der Waals surface area (Å²) in [5.74, 6) is 0.111. The van der Waals surface area contributed by atoms with E-state index < -0.39 is 5.25 Å². The highest BCUT2D eigenvalue weighted by atomic mass is 32.2. The van der Waals surface area contributed by atoms with Crippen molar-refractivity contribution in [1.29, 1.82) is 0 Å². The summed E-state index contributed by atoms with van der Waals surface area (Å²) >= 11 is 1.27. The first-order valence-electron chi connectivity index (χ1n) is 7.71. The van der Waals surface area contributed by atoms with Gasteiger partial charge in [0, 0.05) is 6.07 Å². The Balaban J connectivity index is 1.75. The molecule has 0 aliphatic heterocycles. The fourth-order valence-corrected chi connectivity index (χ4v) is 3.10. The van der Waals surface area contributed by atoms with Crippen LogP contribution in [0.1, 0.15) is 23.7 Å². The highest BCUT2D eigenvalue weighted by Gasteiger charge is 2.21. The van der Waals surface area contributed by atoms with Gasteiger partial charge in [-0.1, -0.05) is 34.6 Å². The number of tetrazole rings is 1. The molecular weight excluding hydrogens is 340 g/mol. The van der Waals surface area contributed by atoms with E-state index in [2.05, 4.69) is 32.1 Å². The predicted octanol–water partition coefficient (Wildman–Crippen LogP) is 2.69. The van der Waals surface area contributed by atoms with Gasteiger partial charge in [-0.3, -0.25) is 10.1 Å². The topological polar surface area (TPSA) is 98.7 Å². The van der Waals surface area contributed by atoms with E-state index in [4.69, 9.17) is 4.52 Å². The zero-order chi connectivity index (χ0) is 18.0. The second-order valence-electron chi connectivity index (χ2n) is 5.75. The molecule has 8 nitrogen and oxygen atoms in total. The van der Waals surface area contributed by atoms with Crippen molar-refractivity contribution in [3.8, 4) is 5.69 Å². The Morgan fingerprint density at radius 3 is 2.76 bits per heavy atom. The predicted molar refractivity (Wildman–Crippen MR) is 93.8 cm³/mol. The summed E-state index contributed by atoms with van der Waals surface area (Å²) in [5.41, 5.74) is 3.81. The number of benzene rings is 1. The van der Waals surface area contributed by atoms with Crippen molar-refractivity contribution >= 4 is 23.6 Å². The number of hydrogen-bond acceptors (Lipinski definition) is 7.